The van der Waals surface area contributed by atoms with E-state index in [1.807, 2.05) is 13.8 Å². The lowest BCUT2D eigenvalue weighted by Gasteiger charge is -2.29. The number of hydrogen-bond donors (Lipinski definition) is 2. The SMILES string of the molecule is Cn1c(=O)n(CC(=O)NCCN)c(=O)c2c3c(sc21)COC(C)(C)C3. The van der Waals surface area contributed by atoms with E-state index < -0.39 is 17.2 Å². The summed E-state index contributed by atoms with van der Waals surface area (Å²) < 4.78 is 8.23. The highest BCUT2D eigenvalue weighted by Crippen LogP contribution is 2.36. The number of ether oxygens (including phenoxy) is 1. The number of thiophene rings is 1. The van der Waals surface area contributed by atoms with Crippen LogP contribution in [0.25, 0.3) is 10.2 Å². The highest BCUT2D eigenvalue weighted by molar-refractivity contribution is 7.18. The minimum atomic E-state index is -0.501. The van der Waals surface area contributed by atoms with Gasteiger partial charge in [-0.15, -0.1) is 11.3 Å². The van der Waals surface area contributed by atoms with Gasteiger partial charge < -0.3 is 15.8 Å². The molecule has 2 aromatic heterocycles. The quantitative estimate of drug-likeness (QED) is 0.771. The van der Waals surface area contributed by atoms with E-state index in [4.69, 9.17) is 10.5 Å². The summed E-state index contributed by atoms with van der Waals surface area (Å²) in [6.07, 6.45) is 0.592. The smallest absolute Gasteiger partial charge is 0.332 e. The van der Waals surface area contributed by atoms with E-state index in [0.717, 1.165) is 15.0 Å². The van der Waals surface area contributed by atoms with Crippen LogP contribution in [0.1, 0.15) is 24.3 Å². The summed E-state index contributed by atoms with van der Waals surface area (Å²) in [6.45, 7) is 4.65. The Morgan fingerprint density at radius 2 is 2.12 bits per heavy atom. The topological polar surface area (TPSA) is 108 Å². The molecule has 9 heteroatoms. The minimum absolute atomic E-state index is 0.296. The fourth-order valence-corrected chi connectivity index (χ4v) is 4.21. The van der Waals surface area contributed by atoms with Gasteiger partial charge in [0.2, 0.25) is 5.91 Å². The largest absolute Gasteiger partial charge is 0.370 e. The molecule has 0 bridgehead atoms. The third kappa shape index (κ3) is 3.14. The molecule has 0 saturated heterocycles. The van der Waals surface area contributed by atoms with Gasteiger partial charge in [-0.1, -0.05) is 0 Å². The number of nitrogens with two attached hydrogens (primary N) is 1. The molecule has 0 atom stereocenters. The number of nitrogens with one attached hydrogen (secondary N) is 1. The molecule has 0 fully saturated rings. The molecular formula is C16H22N4O4S. The molecule has 8 nitrogen and oxygen atoms in total. The van der Waals surface area contributed by atoms with Crippen molar-refractivity contribution in [3.05, 3.63) is 31.3 Å². The molecule has 136 valence electrons. The van der Waals surface area contributed by atoms with Gasteiger partial charge >= 0.3 is 5.69 Å². The summed E-state index contributed by atoms with van der Waals surface area (Å²) >= 11 is 1.40. The van der Waals surface area contributed by atoms with Crippen molar-refractivity contribution in [2.45, 2.75) is 39.0 Å². The summed E-state index contributed by atoms with van der Waals surface area (Å²) in [6, 6.07) is 0. The Hall–Kier alpha value is -1.97. The van der Waals surface area contributed by atoms with E-state index in [0.29, 0.717) is 36.3 Å². The number of carbonyl (C=O) groups excluding carboxylic acids is 1. The van der Waals surface area contributed by atoms with Crippen molar-refractivity contribution in [2.75, 3.05) is 13.1 Å². The van der Waals surface area contributed by atoms with Crippen LogP contribution in [0.15, 0.2) is 9.59 Å². The maximum absolute atomic E-state index is 13.0. The van der Waals surface area contributed by atoms with Crippen molar-refractivity contribution < 1.29 is 9.53 Å². The zero-order chi connectivity index (χ0) is 18.4. The fraction of sp³-hybridized carbons (Fsp3) is 0.562. The summed E-state index contributed by atoms with van der Waals surface area (Å²) in [7, 11) is 1.62. The second-order valence-electron chi connectivity index (χ2n) is 6.78. The van der Waals surface area contributed by atoms with E-state index in [1.165, 1.54) is 15.9 Å². The molecule has 1 amide bonds. The number of rotatable bonds is 4. The van der Waals surface area contributed by atoms with Gasteiger partial charge in [0.25, 0.3) is 5.56 Å². The molecule has 25 heavy (non-hydrogen) atoms. The van der Waals surface area contributed by atoms with Crippen LogP contribution < -0.4 is 22.3 Å². The predicted octanol–water partition coefficient (Wildman–Crippen LogP) is -0.312. The van der Waals surface area contributed by atoms with Gasteiger partial charge in [0.15, 0.2) is 0 Å². The first-order valence-electron chi connectivity index (χ1n) is 8.10. The monoisotopic (exact) mass is 366 g/mol. The first-order chi connectivity index (χ1) is 11.7. The number of aromatic nitrogens is 2. The highest BCUT2D eigenvalue weighted by atomic mass is 32.1. The molecule has 1 aliphatic rings. The lowest BCUT2D eigenvalue weighted by atomic mass is 9.94. The van der Waals surface area contributed by atoms with Gasteiger partial charge in [-0.3, -0.25) is 18.7 Å². The molecule has 2 aromatic rings. The predicted molar refractivity (Wildman–Crippen MR) is 96.0 cm³/mol. The van der Waals surface area contributed by atoms with Gasteiger partial charge in [0.05, 0.1) is 17.6 Å². The van der Waals surface area contributed by atoms with Crippen LogP contribution in [-0.2, 0) is 36.2 Å². The van der Waals surface area contributed by atoms with E-state index in [1.54, 1.807) is 7.05 Å². The lowest BCUT2D eigenvalue weighted by Crippen LogP contribution is -2.44. The van der Waals surface area contributed by atoms with Crippen LogP contribution in [0.2, 0.25) is 0 Å². The van der Waals surface area contributed by atoms with E-state index in [-0.39, 0.29) is 12.1 Å². The first kappa shape index (κ1) is 17.8. The van der Waals surface area contributed by atoms with Crippen LogP contribution >= 0.6 is 11.3 Å². The van der Waals surface area contributed by atoms with Crippen LogP contribution in [-0.4, -0.2) is 33.7 Å². The lowest BCUT2D eigenvalue weighted by molar-refractivity contribution is -0.121. The summed E-state index contributed by atoms with van der Waals surface area (Å²) in [5.74, 6) is -0.406. The summed E-state index contributed by atoms with van der Waals surface area (Å²) in [5, 5.41) is 3.10. The standard InChI is InChI=1S/C16H22N4O4S/c1-16(2)6-9-10(8-24-16)25-14-12(9)13(22)20(15(23)19(14)3)7-11(21)18-5-4-17/h4-8,17H2,1-3H3,(H,18,21). The van der Waals surface area contributed by atoms with Crippen LogP contribution in [0.4, 0.5) is 0 Å². The molecule has 0 aliphatic carbocycles. The number of hydrogen-bond acceptors (Lipinski definition) is 6. The molecule has 3 rings (SSSR count). The van der Waals surface area contributed by atoms with Gasteiger partial charge in [-0.05, 0) is 19.4 Å². The molecular weight excluding hydrogens is 344 g/mol. The molecule has 3 N–H and O–H groups in total. The number of fused-ring (bicyclic) bond motifs is 3. The zero-order valence-electron chi connectivity index (χ0n) is 14.5. The number of carbonyl (C=O) groups is 1. The van der Waals surface area contributed by atoms with Gasteiger partial charge in [-0.2, -0.15) is 0 Å². The molecule has 0 unspecified atom stereocenters. The Labute approximate surface area is 148 Å². The van der Waals surface area contributed by atoms with Gasteiger partial charge in [0.1, 0.15) is 11.4 Å². The summed E-state index contributed by atoms with van der Waals surface area (Å²) in [4.78, 5) is 39.1. The van der Waals surface area contributed by atoms with Crippen molar-refractivity contribution in [2.24, 2.45) is 12.8 Å². The van der Waals surface area contributed by atoms with Crippen LogP contribution in [0.5, 0.6) is 0 Å². The zero-order valence-corrected chi connectivity index (χ0v) is 15.4. The number of amides is 1. The Bertz CT molecular complexity index is 954. The van der Waals surface area contributed by atoms with Gasteiger partial charge in [-0.25, -0.2) is 4.79 Å². The van der Waals surface area contributed by atoms with Crippen LogP contribution in [0, 0.1) is 0 Å². The summed E-state index contributed by atoms with van der Waals surface area (Å²) in [5.41, 5.74) is 4.99. The second kappa shape index (κ2) is 6.40. The maximum atomic E-state index is 13.0. The van der Waals surface area contributed by atoms with Crippen molar-refractivity contribution >= 4 is 27.5 Å². The Morgan fingerprint density at radius 3 is 2.80 bits per heavy atom. The van der Waals surface area contributed by atoms with Gasteiger partial charge in [0, 0.05) is 31.4 Å². The fourth-order valence-electron chi connectivity index (χ4n) is 3.04. The van der Waals surface area contributed by atoms with Crippen molar-refractivity contribution in [1.82, 2.24) is 14.5 Å². The Morgan fingerprint density at radius 1 is 1.40 bits per heavy atom. The third-order valence-corrected chi connectivity index (χ3v) is 5.60. The van der Waals surface area contributed by atoms with E-state index in [2.05, 4.69) is 5.32 Å². The first-order valence-corrected chi connectivity index (χ1v) is 8.91. The molecule has 1 aliphatic heterocycles. The van der Waals surface area contributed by atoms with Crippen molar-refractivity contribution in [3.8, 4) is 0 Å². The normalized spacial score (nSPS) is 16.0. The molecule has 0 saturated carbocycles. The average molecular weight is 366 g/mol. The van der Waals surface area contributed by atoms with E-state index >= 15 is 0 Å². The molecule has 0 spiro atoms. The highest BCUT2D eigenvalue weighted by Gasteiger charge is 2.31. The maximum Gasteiger partial charge on any atom is 0.332 e. The Kier molecular flexibility index (Phi) is 4.56. The third-order valence-electron chi connectivity index (χ3n) is 4.32. The second-order valence-corrected chi connectivity index (χ2v) is 7.86. The van der Waals surface area contributed by atoms with Crippen molar-refractivity contribution in [3.63, 3.8) is 0 Å². The van der Waals surface area contributed by atoms with Crippen molar-refractivity contribution in [1.29, 1.82) is 0 Å². The minimum Gasteiger partial charge on any atom is -0.370 e. The Balaban J connectivity index is 2.16. The number of aryl methyl sites for hydroxylation is 1. The molecule has 0 radical (unpaired) electrons. The average Bonchev–Trinajstić information content (AvgIpc) is 2.92. The molecule has 3 heterocycles. The van der Waals surface area contributed by atoms with Crippen LogP contribution in [0.3, 0.4) is 0 Å². The molecule has 0 aromatic carbocycles. The van der Waals surface area contributed by atoms with E-state index in [9.17, 15) is 14.4 Å². The number of nitrogens with zero attached hydrogens (tertiary/aromatic N) is 2.